The van der Waals surface area contributed by atoms with Crippen molar-refractivity contribution in [3.63, 3.8) is 0 Å². The lowest BCUT2D eigenvalue weighted by Crippen LogP contribution is -2.28. The Morgan fingerprint density at radius 3 is 2.62 bits per heavy atom. The van der Waals surface area contributed by atoms with Crippen LogP contribution in [0.2, 0.25) is 0 Å². The van der Waals surface area contributed by atoms with E-state index in [-0.39, 0.29) is 6.61 Å². The average molecular weight is 180 g/mol. The molecule has 1 rings (SSSR count). The summed E-state index contributed by atoms with van der Waals surface area (Å²) in [4.78, 5) is 0. The standard InChI is InChI=1S/C11H16O2/c1-9-5-4-6-10(7-9)11(2,8-12)13-3/h4-7,12H,8H2,1-3H3. The highest BCUT2D eigenvalue weighted by molar-refractivity contribution is 5.27. The van der Waals surface area contributed by atoms with Crippen molar-refractivity contribution in [2.24, 2.45) is 0 Å². The van der Waals surface area contributed by atoms with Gasteiger partial charge < -0.3 is 9.84 Å². The minimum absolute atomic E-state index is 0.00699. The lowest BCUT2D eigenvalue weighted by atomic mass is 9.95. The Kier molecular flexibility index (Phi) is 3.07. The number of aryl methyl sites for hydroxylation is 1. The van der Waals surface area contributed by atoms with Crippen molar-refractivity contribution in [2.45, 2.75) is 19.4 Å². The largest absolute Gasteiger partial charge is 0.393 e. The third kappa shape index (κ3) is 2.08. The van der Waals surface area contributed by atoms with Crippen LogP contribution in [0, 0.1) is 6.92 Å². The van der Waals surface area contributed by atoms with E-state index in [0.717, 1.165) is 5.56 Å². The second-order valence-electron chi connectivity index (χ2n) is 3.46. The Morgan fingerprint density at radius 2 is 2.15 bits per heavy atom. The summed E-state index contributed by atoms with van der Waals surface area (Å²) in [5.74, 6) is 0. The highest BCUT2D eigenvalue weighted by atomic mass is 16.5. The molecule has 0 saturated carbocycles. The third-order valence-corrected chi connectivity index (χ3v) is 2.38. The van der Waals surface area contributed by atoms with Crippen LogP contribution in [-0.4, -0.2) is 18.8 Å². The normalized spacial score (nSPS) is 15.4. The fraction of sp³-hybridized carbons (Fsp3) is 0.455. The van der Waals surface area contributed by atoms with Crippen LogP contribution < -0.4 is 0 Å². The van der Waals surface area contributed by atoms with E-state index in [1.807, 2.05) is 38.1 Å². The van der Waals surface area contributed by atoms with E-state index in [1.165, 1.54) is 5.56 Å². The van der Waals surface area contributed by atoms with Crippen molar-refractivity contribution in [2.75, 3.05) is 13.7 Å². The lowest BCUT2D eigenvalue weighted by Gasteiger charge is -2.26. The molecule has 0 radical (unpaired) electrons. The summed E-state index contributed by atoms with van der Waals surface area (Å²) in [6, 6.07) is 7.99. The van der Waals surface area contributed by atoms with Crippen molar-refractivity contribution in [1.29, 1.82) is 0 Å². The zero-order valence-corrected chi connectivity index (χ0v) is 8.37. The summed E-state index contributed by atoms with van der Waals surface area (Å²) in [6.07, 6.45) is 0. The van der Waals surface area contributed by atoms with Crippen molar-refractivity contribution in [3.05, 3.63) is 35.4 Å². The predicted molar refractivity (Wildman–Crippen MR) is 52.6 cm³/mol. The summed E-state index contributed by atoms with van der Waals surface area (Å²) in [5, 5.41) is 9.20. The van der Waals surface area contributed by atoms with Gasteiger partial charge in [0.1, 0.15) is 5.60 Å². The number of ether oxygens (including phenoxy) is 1. The van der Waals surface area contributed by atoms with E-state index in [1.54, 1.807) is 7.11 Å². The molecule has 0 aromatic heterocycles. The van der Waals surface area contributed by atoms with Crippen molar-refractivity contribution in [3.8, 4) is 0 Å². The quantitative estimate of drug-likeness (QED) is 0.769. The number of hydrogen-bond donors (Lipinski definition) is 1. The maximum atomic E-state index is 9.20. The molecule has 1 atom stereocenters. The minimum atomic E-state index is -0.577. The van der Waals surface area contributed by atoms with Gasteiger partial charge in [0.05, 0.1) is 6.61 Å². The Labute approximate surface area is 79.2 Å². The molecule has 2 nitrogen and oxygen atoms in total. The second kappa shape index (κ2) is 3.90. The van der Waals surface area contributed by atoms with Gasteiger partial charge in [0, 0.05) is 7.11 Å². The maximum Gasteiger partial charge on any atom is 0.113 e. The first-order valence-electron chi connectivity index (χ1n) is 4.35. The highest BCUT2D eigenvalue weighted by Crippen LogP contribution is 2.24. The van der Waals surface area contributed by atoms with Crippen LogP contribution in [0.15, 0.2) is 24.3 Å². The number of methoxy groups -OCH3 is 1. The molecule has 1 N–H and O–H groups in total. The fourth-order valence-corrected chi connectivity index (χ4v) is 1.25. The molecule has 0 fully saturated rings. The van der Waals surface area contributed by atoms with Crippen LogP contribution in [0.4, 0.5) is 0 Å². The number of benzene rings is 1. The molecule has 0 aliphatic rings. The summed E-state index contributed by atoms with van der Waals surface area (Å²) in [7, 11) is 1.61. The zero-order valence-electron chi connectivity index (χ0n) is 8.37. The third-order valence-electron chi connectivity index (χ3n) is 2.38. The van der Waals surface area contributed by atoms with Crippen LogP contribution in [0.25, 0.3) is 0 Å². The van der Waals surface area contributed by atoms with Crippen LogP contribution in [0.5, 0.6) is 0 Å². The van der Waals surface area contributed by atoms with Crippen LogP contribution in [0.1, 0.15) is 18.1 Å². The van der Waals surface area contributed by atoms with Gasteiger partial charge in [0.2, 0.25) is 0 Å². The van der Waals surface area contributed by atoms with Gasteiger partial charge in [0.25, 0.3) is 0 Å². The smallest absolute Gasteiger partial charge is 0.113 e. The van der Waals surface area contributed by atoms with Crippen LogP contribution in [0.3, 0.4) is 0 Å². The van der Waals surface area contributed by atoms with E-state index < -0.39 is 5.60 Å². The highest BCUT2D eigenvalue weighted by Gasteiger charge is 2.24. The number of hydrogen-bond acceptors (Lipinski definition) is 2. The van der Waals surface area contributed by atoms with Crippen molar-refractivity contribution in [1.82, 2.24) is 0 Å². The van der Waals surface area contributed by atoms with E-state index in [0.29, 0.717) is 0 Å². The molecule has 1 aromatic carbocycles. The van der Waals surface area contributed by atoms with E-state index in [4.69, 9.17) is 4.74 Å². The first kappa shape index (κ1) is 10.2. The monoisotopic (exact) mass is 180 g/mol. The topological polar surface area (TPSA) is 29.5 Å². The van der Waals surface area contributed by atoms with Gasteiger partial charge >= 0.3 is 0 Å². The molecule has 1 unspecified atom stereocenters. The fourth-order valence-electron chi connectivity index (χ4n) is 1.25. The molecule has 0 bridgehead atoms. The molecule has 0 saturated heterocycles. The number of aliphatic hydroxyl groups excluding tert-OH is 1. The van der Waals surface area contributed by atoms with Crippen molar-refractivity contribution < 1.29 is 9.84 Å². The number of aliphatic hydroxyl groups is 1. The first-order valence-corrected chi connectivity index (χ1v) is 4.35. The Hall–Kier alpha value is -0.860. The van der Waals surface area contributed by atoms with Gasteiger partial charge in [0.15, 0.2) is 0 Å². The Balaban J connectivity index is 3.05. The lowest BCUT2D eigenvalue weighted by molar-refractivity contribution is -0.0422. The summed E-state index contributed by atoms with van der Waals surface area (Å²) < 4.78 is 5.28. The number of rotatable bonds is 3. The van der Waals surface area contributed by atoms with E-state index in [2.05, 4.69) is 0 Å². The molecule has 0 spiro atoms. The second-order valence-corrected chi connectivity index (χ2v) is 3.46. The predicted octanol–water partition coefficient (Wildman–Crippen LogP) is 1.85. The van der Waals surface area contributed by atoms with Gasteiger partial charge in [-0.3, -0.25) is 0 Å². The van der Waals surface area contributed by atoms with Gasteiger partial charge in [-0.15, -0.1) is 0 Å². The van der Waals surface area contributed by atoms with Crippen LogP contribution >= 0.6 is 0 Å². The Bertz CT molecular complexity index is 277. The summed E-state index contributed by atoms with van der Waals surface area (Å²) in [6.45, 7) is 3.89. The van der Waals surface area contributed by atoms with Gasteiger partial charge in [-0.1, -0.05) is 29.8 Å². The SMILES string of the molecule is COC(C)(CO)c1cccc(C)c1. The molecule has 72 valence electrons. The molecule has 0 aliphatic carbocycles. The van der Waals surface area contributed by atoms with Gasteiger partial charge in [-0.25, -0.2) is 0 Å². The minimum Gasteiger partial charge on any atom is -0.393 e. The van der Waals surface area contributed by atoms with Crippen molar-refractivity contribution >= 4 is 0 Å². The average Bonchev–Trinajstić information content (AvgIpc) is 2.17. The molecule has 0 aliphatic heterocycles. The molecule has 0 amide bonds. The molecule has 2 heteroatoms. The molecular formula is C11H16O2. The molecule has 13 heavy (non-hydrogen) atoms. The first-order chi connectivity index (χ1) is 6.12. The van der Waals surface area contributed by atoms with Gasteiger partial charge in [-0.2, -0.15) is 0 Å². The zero-order chi connectivity index (χ0) is 9.90. The summed E-state index contributed by atoms with van der Waals surface area (Å²) >= 11 is 0. The maximum absolute atomic E-state index is 9.20. The molecule has 0 heterocycles. The van der Waals surface area contributed by atoms with E-state index in [9.17, 15) is 5.11 Å². The van der Waals surface area contributed by atoms with Gasteiger partial charge in [-0.05, 0) is 19.4 Å². The van der Waals surface area contributed by atoms with E-state index >= 15 is 0 Å². The molecular weight excluding hydrogens is 164 g/mol. The Morgan fingerprint density at radius 1 is 1.46 bits per heavy atom. The summed E-state index contributed by atoms with van der Waals surface area (Å²) in [5.41, 5.74) is 1.61. The molecule has 1 aromatic rings. The van der Waals surface area contributed by atoms with Crippen LogP contribution in [-0.2, 0) is 10.3 Å².